The van der Waals surface area contributed by atoms with Crippen molar-refractivity contribution in [2.24, 2.45) is 5.92 Å². The van der Waals surface area contributed by atoms with Crippen LogP contribution in [0.5, 0.6) is 0 Å². The third-order valence-electron chi connectivity index (χ3n) is 4.21. The van der Waals surface area contributed by atoms with E-state index in [1.54, 1.807) is 0 Å². The van der Waals surface area contributed by atoms with E-state index < -0.39 is 0 Å². The number of hydrogen-bond donors (Lipinski definition) is 1. The molecule has 0 aliphatic carbocycles. The van der Waals surface area contributed by atoms with Crippen molar-refractivity contribution >= 4 is 0 Å². The lowest BCUT2D eigenvalue weighted by atomic mass is 9.92. The Hall–Kier alpha value is -0.860. The molecule has 18 heavy (non-hydrogen) atoms. The first-order chi connectivity index (χ1) is 8.56. The molecule has 0 bridgehead atoms. The van der Waals surface area contributed by atoms with Gasteiger partial charge in [-0.25, -0.2) is 0 Å². The standard InChI is InChI=1S/C16H25NO/c1-12-4-5-13(2)16(10-12)11-17-8-6-15(7-9-17)14(3)18/h4-5,10,14-15,18H,6-9,11H2,1-3H3. The smallest absolute Gasteiger partial charge is 0.0541 e. The van der Waals surface area contributed by atoms with Gasteiger partial charge in [-0.2, -0.15) is 0 Å². The van der Waals surface area contributed by atoms with Crippen LogP contribution in [0.25, 0.3) is 0 Å². The van der Waals surface area contributed by atoms with E-state index in [1.165, 1.54) is 16.7 Å². The zero-order valence-electron chi connectivity index (χ0n) is 11.8. The van der Waals surface area contributed by atoms with Crippen LogP contribution in [-0.2, 0) is 6.54 Å². The fourth-order valence-electron chi connectivity index (χ4n) is 2.80. The van der Waals surface area contributed by atoms with Gasteiger partial charge in [-0.3, -0.25) is 4.90 Å². The van der Waals surface area contributed by atoms with Crippen LogP contribution in [0.1, 0.15) is 36.5 Å². The second-order valence-corrected chi connectivity index (χ2v) is 5.78. The van der Waals surface area contributed by atoms with Crippen molar-refractivity contribution in [3.63, 3.8) is 0 Å². The van der Waals surface area contributed by atoms with Gasteiger partial charge in [-0.05, 0) is 63.7 Å². The van der Waals surface area contributed by atoms with Crippen LogP contribution in [0.3, 0.4) is 0 Å². The van der Waals surface area contributed by atoms with Crippen molar-refractivity contribution in [2.45, 2.75) is 46.3 Å². The van der Waals surface area contributed by atoms with E-state index in [-0.39, 0.29) is 6.10 Å². The van der Waals surface area contributed by atoms with Gasteiger partial charge in [-0.15, -0.1) is 0 Å². The summed E-state index contributed by atoms with van der Waals surface area (Å²) < 4.78 is 0. The number of likely N-dealkylation sites (tertiary alicyclic amines) is 1. The average molecular weight is 247 g/mol. The molecule has 1 aromatic carbocycles. The predicted molar refractivity (Wildman–Crippen MR) is 75.6 cm³/mol. The Morgan fingerprint density at radius 3 is 2.56 bits per heavy atom. The number of hydrogen-bond acceptors (Lipinski definition) is 2. The number of aryl methyl sites for hydroxylation is 2. The summed E-state index contributed by atoms with van der Waals surface area (Å²) in [5, 5.41) is 9.62. The fourth-order valence-corrected chi connectivity index (χ4v) is 2.80. The maximum absolute atomic E-state index is 9.62. The molecule has 1 aliphatic heterocycles. The van der Waals surface area contributed by atoms with Crippen LogP contribution in [-0.4, -0.2) is 29.2 Å². The molecule has 1 fully saturated rings. The van der Waals surface area contributed by atoms with Crippen LogP contribution in [0, 0.1) is 19.8 Å². The topological polar surface area (TPSA) is 23.5 Å². The maximum Gasteiger partial charge on any atom is 0.0541 e. The highest BCUT2D eigenvalue weighted by Crippen LogP contribution is 2.22. The van der Waals surface area contributed by atoms with E-state index in [0.717, 1.165) is 32.5 Å². The quantitative estimate of drug-likeness (QED) is 0.888. The Bertz CT molecular complexity index is 392. The molecule has 0 aromatic heterocycles. The molecule has 1 aliphatic rings. The molecule has 1 atom stereocenters. The molecule has 1 heterocycles. The molecule has 2 heteroatoms. The molecule has 100 valence electrons. The molecule has 1 N–H and O–H groups in total. The summed E-state index contributed by atoms with van der Waals surface area (Å²) >= 11 is 0. The lowest BCUT2D eigenvalue weighted by Gasteiger charge is -2.33. The first-order valence-electron chi connectivity index (χ1n) is 7.03. The molecule has 0 radical (unpaired) electrons. The molecule has 1 aromatic rings. The van der Waals surface area contributed by atoms with Gasteiger partial charge in [0.25, 0.3) is 0 Å². The van der Waals surface area contributed by atoms with Crippen molar-refractivity contribution in [1.29, 1.82) is 0 Å². The number of aliphatic hydroxyl groups is 1. The van der Waals surface area contributed by atoms with Crippen LogP contribution in [0.4, 0.5) is 0 Å². The molecular formula is C16H25NO. The Balaban J connectivity index is 1.93. The zero-order valence-corrected chi connectivity index (χ0v) is 11.8. The minimum absolute atomic E-state index is 0.146. The van der Waals surface area contributed by atoms with E-state index in [4.69, 9.17) is 0 Å². The van der Waals surface area contributed by atoms with Gasteiger partial charge >= 0.3 is 0 Å². The van der Waals surface area contributed by atoms with Crippen LogP contribution in [0.15, 0.2) is 18.2 Å². The van der Waals surface area contributed by atoms with Crippen LogP contribution >= 0.6 is 0 Å². The number of aliphatic hydroxyl groups excluding tert-OH is 1. The number of benzene rings is 1. The highest BCUT2D eigenvalue weighted by molar-refractivity contribution is 5.30. The minimum atomic E-state index is -0.146. The Kier molecular flexibility index (Phi) is 4.41. The number of rotatable bonds is 3. The molecule has 1 unspecified atom stereocenters. The van der Waals surface area contributed by atoms with Gasteiger partial charge in [0.2, 0.25) is 0 Å². The monoisotopic (exact) mass is 247 g/mol. The molecule has 0 amide bonds. The van der Waals surface area contributed by atoms with Gasteiger partial charge in [0.05, 0.1) is 6.10 Å². The average Bonchev–Trinajstić information content (AvgIpc) is 2.34. The largest absolute Gasteiger partial charge is 0.393 e. The van der Waals surface area contributed by atoms with E-state index in [9.17, 15) is 5.11 Å². The number of piperidine rings is 1. The van der Waals surface area contributed by atoms with Gasteiger partial charge in [0, 0.05) is 6.54 Å². The summed E-state index contributed by atoms with van der Waals surface area (Å²) in [5.74, 6) is 0.500. The summed E-state index contributed by atoms with van der Waals surface area (Å²) in [5.41, 5.74) is 4.18. The maximum atomic E-state index is 9.62. The van der Waals surface area contributed by atoms with Gasteiger partial charge in [0.15, 0.2) is 0 Å². The zero-order chi connectivity index (χ0) is 13.1. The van der Waals surface area contributed by atoms with Crippen LogP contribution in [0.2, 0.25) is 0 Å². The lowest BCUT2D eigenvalue weighted by Crippen LogP contribution is -2.36. The molecule has 2 rings (SSSR count). The van der Waals surface area contributed by atoms with E-state index in [0.29, 0.717) is 5.92 Å². The van der Waals surface area contributed by atoms with Crippen molar-refractivity contribution in [2.75, 3.05) is 13.1 Å². The lowest BCUT2D eigenvalue weighted by molar-refractivity contribution is 0.0695. The molecule has 0 spiro atoms. The molecular weight excluding hydrogens is 222 g/mol. The second-order valence-electron chi connectivity index (χ2n) is 5.78. The van der Waals surface area contributed by atoms with Gasteiger partial charge in [0.1, 0.15) is 0 Å². The predicted octanol–water partition coefficient (Wildman–Crippen LogP) is 2.90. The number of nitrogens with zero attached hydrogens (tertiary/aromatic N) is 1. The third-order valence-corrected chi connectivity index (χ3v) is 4.21. The van der Waals surface area contributed by atoms with Crippen LogP contribution < -0.4 is 0 Å². The van der Waals surface area contributed by atoms with E-state index in [2.05, 4.69) is 36.9 Å². The normalized spacial score (nSPS) is 20.0. The highest BCUT2D eigenvalue weighted by atomic mass is 16.3. The minimum Gasteiger partial charge on any atom is -0.393 e. The van der Waals surface area contributed by atoms with E-state index >= 15 is 0 Å². The SMILES string of the molecule is Cc1ccc(C)c(CN2CCC(C(C)O)CC2)c1. The first-order valence-corrected chi connectivity index (χ1v) is 7.03. The fraction of sp³-hybridized carbons (Fsp3) is 0.625. The Labute approximate surface area is 111 Å². The van der Waals surface area contributed by atoms with Gasteiger partial charge in [-0.1, -0.05) is 23.8 Å². The van der Waals surface area contributed by atoms with E-state index in [1.807, 2.05) is 6.92 Å². The van der Waals surface area contributed by atoms with Gasteiger partial charge < -0.3 is 5.11 Å². The second kappa shape index (κ2) is 5.85. The van der Waals surface area contributed by atoms with Crippen molar-refractivity contribution in [3.05, 3.63) is 34.9 Å². The Morgan fingerprint density at radius 2 is 1.94 bits per heavy atom. The van der Waals surface area contributed by atoms with Crippen molar-refractivity contribution in [1.82, 2.24) is 4.90 Å². The molecule has 0 saturated carbocycles. The summed E-state index contributed by atoms with van der Waals surface area (Å²) in [6, 6.07) is 6.70. The summed E-state index contributed by atoms with van der Waals surface area (Å²) in [7, 11) is 0. The third kappa shape index (κ3) is 3.33. The first kappa shape index (κ1) is 13.6. The molecule has 1 saturated heterocycles. The van der Waals surface area contributed by atoms with Crippen molar-refractivity contribution in [3.8, 4) is 0 Å². The summed E-state index contributed by atoms with van der Waals surface area (Å²) in [4.78, 5) is 2.51. The molecule has 2 nitrogen and oxygen atoms in total. The summed E-state index contributed by atoms with van der Waals surface area (Å²) in [6.07, 6.45) is 2.11. The highest BCUT2D eigenvalue weighted by Gasteiger charge is 2.22. The summed E-state index contributed by atoms with van der Waals surface area (Å²) in [6.45, 7) is 9.55. The van der Waals surface area contributed by atoms with Crippen molar-refractivity contribution < 1.29 is 5.11 Å². The Morgan fingerprint density at radius 1 is 1.28 bits per heavy atom.